The van der Waals surface area contributed by atoms with Crippen LogP contribution in [0.5, 0.6) is 0 Å². The fraction of sp³-hybridized carbons (Fsp3) is 0.343. The Balaban J connectivity index is 0.915. The summed E-state index contributed by atoms with van der Waals surface area (Å²) in [6.07, 6.45) is 2.92. The Labute approximate surface area is 289 Å². The van der Waals surface area contributed by atoms with Crippen LogP contribution in [0.2, 0.25) is 0 Å². The largest absolute Gasteiger partial charge is 0.329 e. The van der Waals surface area contributed by atoms with Crippen molar-refractivity contribution in [2.45, 2.75) is 50.6 Å². The van der Waals surface area contributed by atoms with E-state index < -0.39 is 30.0 Å². The monoisotopic (exact) mass is 696 g/mol. The van der Waals surface area contributed by atoms with Gasteiger partial charge in [-0.05, 0) is 56.1 Å². The zero-order valence-electron chi connectivity index (χ0n) is 27.6. The molecule has 4 aromatic heterocycles. The molecular formula is C35H34F2N10O4. The van der Waals surface area contributed by atoms with Gasteiger partial charge in [0.1, 0.15) is 11.7 Å². The number of nitrogens with zero attached hydrogens (tertiary/aromatic N) is 7. The summed E-state index contributed by atoms with van der Waals surface area (Å²) in [5, 5.41) is 15.6. The van der Waals surface area contributed by atoms with Gasteiger partial charge < -0.3 is 5.32 Å². The van der Waals surface area contributed by atoms with Crippen LogP contribution in [0.25, 0.3) is 22.4 Å². The van der Waals surface area contributed by atoms with Crippen LogP contribution in [0.4, 0.5) is 14.5 Å². The number of carbonyl (C=O) groups is 3. The summed E-state index contributed by atoms with van der Waals surface area (Å²) in [6, 6.07) is 11.1. The van der Waals surface area contributed by atoms with Gasteiger partial charge in [-0.15, -0.1) is 0 Å². The Bertz CT molecular complexity index is 2240. The molecule has 16 heteroatoms. The number of pyridine rings is 1. The fourth-order valence-corrected chi connectivity index (χ4v) is 6.51. The first kappa shape index (κ1) is 33.5. The Morgan fingerprint density at radius 1 is 1.10 bits per heavy atom. The van der Waals surface area contributed by atoms with E-state index in [9.17, 15) is 28.0 Å². The van der Waals surface area contributed by atoms with E-state index in [0.29, 0.717) is 47.5 Å². The Morgan fingerprint density at radius 2 is 1.92 bits per heavy atom. The van der Waals surface area contributed by atoms with Crippen molar-refractivity contribution < 1.29 is 23.2 Å². The third-order valence-electron chi connectivity index (χ3n) is 9.16. The van der Waals surface area contributed by atoms with Crippen LogP contribution < -0.4 is 16.3 Å². The van der Waals surface area contributed by atoms with Gasteiger partial charge in [-0.1, -0.05) is 24.0 Å². The second-order valence-electron chi connectivity index (χ2n) is 12.6. The second-order valence-corrected chi connectivity index (χ2v) is 12.6. The molecule has 1 unspecified atom stereocenters. The molecule has 0 bridgehead atoms. The minimum atomic E-state index is -2.87. The molecule has 2 saturated heterocycles. The van der Waals surface area contributed by atoms with Crippen LogP contribution in [-0.4, -0.2) is 76.4 Å². The van der Waals surface area contributed by atoms with Gasteiger partial charge in [0.05, 0.1) is 39.7 Å². The molecule has 7 rings (SSSR count). The number of para-hydroxylation sites is 1. The van der Waals surface area contributed by atoms with E-state index in [4.69, 9.17) is 0 Å². The highest BCUT2D eigenvalue weighted by molar-refractivity contribution is 6.03. The standard InChI is InChI=1S/C35H34F2N10O4/c1-44-31-21(9-6-12-27(31)47(35(44)51)28-13-14-29(48)41-34(28)50)8-4-2-3-5-17-45-18-22(19-45)46-20-26(30(43-46)32(36)37)40-33(49)25-11-7-10-23(39-25)24-15-16-38-42-24/h6-7,9-12,15-16,20,22,28,32H,2-3,5,13-14,17-19H2,1H3,(H,38,42)(H,40,49)(H,41,48,50). The molecule has 1 aromatic carbocycles. The maximum absolute atomic E-state index is 13.9. The Morgan fingerprint density at radius 3 is 2.69 bits per heavy atom. The normalized spacial score (nSPS) is 16.6. The van der Waals surface area contributed by atoms with Gasteiger partial charge in [-0.3, -0.25) is 43.5 Å². The van der Waals surface area contributed by atoms with Crippen LogP contribution in [0, 0.1) is 11.8 Å². The number of carbonyl (C=O) groups excluding carboxylic acids is 3. The number of benzene rings is 1. The zero-order chi connectivity index (χ0) is 35.6. The average Bonchev–Trinajstić information content (AvgIpc) is 3.84. The van der Waals surface area contributed by atoms with Crippen molar-refractivity contribution in [3.05, 3.63) is 82.3 Å². The third kappa shape index (κ3) is 6.80. The predicted octanol–water partition coefficient (Wildman–Crippen LogP) is 3.57. The van der Waals surface area contributed by atoms with Gasteiger partial charge in [-0.2, -0.15) is 10.2 Å². The number of imide groups is 1. The van der Waals surface area contributed by atoms with Crippen molar-refractivity contribution >= 4 is 34.4 Å². The Hall–Kier alpha value is -5.95. The van der Waals surface area contributed by atoms with Crippen molar-refractivity contribution in [1.29, 1.82) is 0 Å². The number of unbranched alkanes of at least 4 members (excludes halogenated alkanes) is 2. The molecule has 0 spiro atoms. The predicted molar refractivity (Wildman–Crippen MR) is 182 cm³/mol. The number of halogens is 2. The van der Waals surface area contributed by atoms with Gasteiger partial charge in [-0.25, -0.2) is 18.6 Å². The number of H-pyrrole nitrogens is 1. The molecule has 5 aromatic rings. The average molecular weight is 697 g/mol. The summed E-state index contributed by atoms with van der Waals surface area (Å²) in [6.45, 7) is 2.08. The van der Waals surface area contributed by atoms with Gasteiger partial charge in [0.25, 0.3) is 12.3 Å². The highest BCUT2D eigenvalue weighted by Gasteiger charge is 2.32. The van der Waals surface area contributed by atoms with Crippen molar-refractivity contribution in [3.63, 3.8) is 0 Å². The van der Waals surface area contributed by atoms with Gasteiger partial charge in [0.2, 0.25) is 11.8 Å². The number of hydrogen-bond donors (Lipinski definition) is 3. The van der Waals surface area contributed by atoms with E-state index in [1.165, 1.54) is 26.1 Å². The summed E-state index contributed by atoms with van der Waals surface area (Å²) >= 11 is 0. The summed E-state index contributed by atoms with van der Waals surface area (Å²) < 4.78 is 32.2. The first-order valence-corrected chi connectivity index (χ1v) is 16.6. The molecule has 2 aliphatic rings. The molecule has 0 radical (unpaired) electrons. The number of likely N-dealkylation sites (tertiary alicyclic amines) is 1. The molecule has 14 nitrogen and oxygen atoms in total. The number of aromatic nitrogens is 7. The lowest BCUT2D eigenvalue weighted by atomic mass is 10.1. The molecule has 262 valence electrons. The number of nitrogens with one attached hydrogen (secondary N) is 3. The van der Waals surface area contributed by atoms with Crippen molar-refractivity contribution in [1.82, 2.24) is 44.3 Å². The molecule has 3 amide bonds. The van der Waals surface area contributed by atoms with Gasteiger partial charge >= 0.3 is 5.69 Å². The van der Waals surface area contributed by atoms with E-state index in [1.807, 2.05) is 6.07 Å². The highest BCUT2D eigenvalue weighted by Crippen LogP contribution is 2.30. The van der Waals surface area contributed by atoms with E-state index in [-0.39, 0.29) is 41.9 Å². The smallest absolute Gasteiger partial charge is 0.318 e. The number of rotatable bonds is 10. The minimum absolute atomic E-state index is 0.0518. The summed E-state index contributed by atoms with van der Waals surface area (Å²) in [5.41, 5.74) is 2.22. The van der Waals surface area contributed by atoms with Crippen molar-refractivity contribution in [2.75, 3.05) is 25.0 Å². The zero-order valence-corrected chi connectivity index (χ0v) is 27.6. The van der Waals surface area contributed by atoms with E-state index in [0.717, 1.165) is 19.4 Å². The van der Waals surface area contributed by atoms with Crippen LogP contribution in [0.1, 0.15) is 72.4 Å². The lowest BCUT2D eigenvalue weighted by Gasteiger charge is -2.39. The van der Waals surface area contributed by atoms with Crippen LogP contribution in [0.3, 0.4) is 0 Å². The molecular weight excluding hydrogens is 662 g/mol. The number of fused-ring (bicyclic) bond motifs is 1. The van der Waals surface area contributed by atoms with Crippen LogP contribution >= 0.6 is 0 Å². The number of piperidine rings is 1. The van der Waals surface area contributed by atoms with Crippen molar-refractivity contribution in [3.8, 4) is 23.2 Å². The number of alkyl halides is 2. The van der Waals surface area contributed by atoms with Gasteiger partial charge in [0, 0.05) is 45.4 Å². The summed E-state index contributed by atoms with van der Waals surface area (Å²) in [5.74, 6) is 4.94. The van der Waals surface area contributed by atoms with Crippen molar-refractivity contribution in [2.24, 2.45) is 7.05 Å². The summed E-state index contributed by atoms with van der Waals surface area (Å²) in [7, 11) is 1.65. The lowest BCUT2D eigenvalue weighted by molar-refractivity contribution is -0.135. The summed E-state index contributed by atoms with van der Waals surface area (Å²) in [4.78, 5) is 56.7. The number of aromatic amines is 1. The van der Waals surface area contributed by atoms with Crippen LogP contribution in [0.15, 0.2) is 59.7 Å². The maximum atomic E-state index is 13.9. The number of imidazole rings is 1. The molecule has 0 aliphatic carbocycles. The molecule has 2 aliphatic heterocycles. The number of aryl methyl sites for hydroxylation is 1. The van der Waals surface area contributed by atoms with E-state index >= 15 is 0 Å². The fourth-order valence-electron chi connectivity index (χ4n) is 6.51. The topological polar surface area (TPSA) is 165 Å². The SMILES string of the molecule is Cn1c(=O)n(C2CCC(=O)NC2=O)c2cccc(C#CCCCCN3CC(n4cc(NC(=O)c5cccc(-c6ccn[nH]6)n5)c(C(F)F)n4)C3)c21. The van der Waals surface area contributed by atoms with Gasteiger partial charge in [0.15, 0.2) is 5.69 Å². The first-order chi connectivity index (χ1) is 24.7. The first-order valence-electron chi connectivity index (χ1n) is 16.6. The number of amides is 3. The molecule has 51 heavy (non-hydrogen) atoms. The molecule has 3 N–H and O–H groups in total. The quantitative estimate of drug-likeness (QED) is 0.113. The Kier molecular flexibility index (Phi) is 9.28. The molecule has 6 heterocycles. The number of anilines is 1. The third-order valence-corrected chi connectivity index (χ3v) is 9.16. The minimum Gasteiger partial charge on any atom is -0.318 e. The second kappa shape index (κ2) is 14.1. The maximum Gasteiger partial charge on any atom is 0.329 e. The van der Waals surface area contributed by atoms with E-state index in [2.05, 4.69) is 47.7 Å². The highest BCUT2D eigenvalue weighted by atomic mass is 19.3. The molecule has 2 fully saturated rings. The van der Waals surface area contributed by atoms with E-state index in [1.54, 1.807) is 43.6 Å². The van der Waals surface area contributed by atoms with Crippen LogP contribution in [-0.2, 0) is 16.6 Å². The lowest BCUT2D eigenvalue weighted by Crippen LogP contribution is -2.48. The molecule has 1 atom stereocenters. The number of hydrogen-bond acceptors (Lipinski definition) is 8. The molecule has 0 saturated carbocycles.